The van der Waals surface area contributed by atoms with Crippen LogP contribution in [-0.2, 0) is 17.8 Å². The molecule has 0 atom stereocenters. The van der Waals surface area contributed by atoms with E-state index < -0.39 is 0 Å². The lowest BCUT2D eigenvalue weighted by atomic mass is 10.00. The van der Waals surface area contributed by atoms with Crippen LogP contribution >= 0.6 is 0 Å². The predicted molar refractivity (Wildman–Crippen MR) is 111 cm³/mol. The Balaban J connectivity index is 1.49. The van der Waals surface area contributed by atoms with Gasteiger partial charge in [-0.15, -0.1) is 0 Å². The van der Waals surface area contributed by atoms with E-state index in [4.69, 9.17) is 0 Å². The van der Waals surface area contributed by atoms with Gasteiger partial charge in [0.25, 0.3) is 5.91 Å². The molecule has 1 aromatic heterocycles. The fourth-order valence-electron chi connectivity index (χ4n) is 3.38. The second-order valence-corrected chi connectivity index (χ2v) is 6.90. The Hall–Kier alpha value is -3.74. The summed E-state index contributed by atoms with van der Waals surface area (Å²) in [6.45, 7) is 2.71. The average molecular weight is 387 g/mol. The maximum Gasteiger partial charge on any atom is 0.272 e. The molecule has 2 aromatic carbocycles. The van der Waals surface area contributed by atoms with Gasteiger partial charge in [-0.05, 0) is 41.8 Å². The lowest BCUT2D eigenvalue weighted by Crippen LogP contribution is -2.36. The first-order valence-electron chi connectivity index (χ1n) is 9.42. The molecule has 0 saturated carbocycles. The Bertz CT molecular complexity index is 1070. The Labute approximate surface area is 168 Å². The molecule has 0 radical (unpaired) electrons. The first-order valence-corrected chi connectivity index (χ1v) is 9.42. The fourth-order valence-corrected chi connectivity index (χ4v) is 3.38. The number of fused-ring (bicyclic) bond motifs is 1. The van der Waals surface area contributed by atoms with Crippen LogP contribution in [0.3, 0.4) is 0 Å². The summed E-state index contributed by atoms with van der Waals surface area (Å²) in [5.74, 6) is 0.0688. The van der Waals surface area contributed by atoms with Gasteiger partial charge in [0, 0.05) is 37.6 Å². The highest BCUT2D eigenvalue weighted by molar-refractivity contribution is 5.93. The Morgan fingerprint density at radius 2 is 1.79 bits per heavy atom. The number of anilines is 3. The summed E-state index contributed by atoms with van der Waals surface area (Å²) in [6.07, 6.45) is 2.41. The zero-order chi connectivity index (χ0) is 20.2. The van der Waals surface area contributed by atoms with Crippen molar-refractivity contribution in [2.75, 3.05) is 17.2 Å². The summed E-state index contributed by atoms with van der Waals surface area (Å²) in [6, 6.07) is 17.0. The smallest absolute Gasteiger partial charge is 0.272 e. The molecule has 0 saturated heterocycles. The molecule has 2 N–H and O–H groups in total. The zero-order valence-electron chi connectivity index (χ0n) is 16.1. The van der Waals surface area contributed by atoms with E-state index in [2.05, 4.69) is 32.7 Å². The second kappa shape index (κ2) is 8.10. The van der Waals surface area contributed by atoms with Crippen molar-refractivity contribution in [3.63, 3.8) is 0 Å². The molecule has 0 aliphatic carbocycles. The molecule has 2 heterocycles. The summed E-state index contributed by atoms with van der Waals surface area (Å²) in [5.41, 5.74) is 4.20. The highest BCUT2D eigenvalue weighted by Gasteiger charge is 2.22. The molecule has 0 spiro atoms. The minimum atomic E-state index is -0.144. The van der Waals surface area contributed by atoms with Crippen LogP contribution in [-0.4, -0.2) is 33.2 Å². The van der Waals surface area contributed by atoms with Gasteiger partial charge in [-0.1, -0.05) is 30.3 Å². The monoisotopic (exact) mass is 387 g/mol. The van der Waals surface area contributed by atoms with Crippen LogP contribution in [0.15, 0.2) is 60.8 Å². The number of carbonyl (C=O) groups excluding carboxylic acids is 2. The van der Waals surface area contributed by atoms with Gasteiger partial charge in [-0.2, -0.15) is 0 Å². The van der Waals surface area contributed by atoms with Gasteiger partial charge < -0.3 is 15.5 Å². The Morgan fingerprint density at radius 3 is 2.62 bits per heavy atom. The van der Waals surface area contributed by atoms with Gasteiger partial charge in [0.15, 0.2) is 0 Å². The van der Waals surface area contributed by atoms with E-state index in [1.54, 1.807) is 24.4 Å². The van der Waals surface area contributed by atoms with E-state index in [0.29, 0.717) is 36.1 Å². The predicted octanol–water partition coefficient (Wildman–Crippen LogP) is 3.38. The zero-order valence-corrected chi connectivity index (χ0v) is 16.1. The molecule has 1 aliphatic heterocycles. The first kappa shape index (κ1) is 18.6. The van der Waals surface area contributed by atoms with Crippen molar-refractivity contribution in [1.82, 2.24) is 14.9 Å². The Morgan fingerprint density at radius 1 is 1.00 bits per heavy atom. The van der Waals surface area contributed by atoms with Crippen molar-refractivity contribution in [3.8, 4) is 0 Å². The SMILES string of the molecule is CC(=O)Nc1cccc(Nc2nccc(C(=O)N3CCc4ccccc4C3)n2)c1. The molecule has 146 valence electrons. The van der Waals surface area contributed by atoms with Crippen LogP contribution in [0.5, 0.6) is 0 Å². The normalized spacial score (nSPS) is 12.8. The number of hydrogen-bond donors (Lipinski definition) is 2. The van der Waals surface area contributed by atoms with Crippen LogP contribution in [0.4, 0.5) is 17.3 Å². The number of rotatable bonds is 4. The molecule has 1 aliphatic rings. The number of nitrogens with zero attached hydrogens (tertiary/aromatic N) is 3. The van der Waals surface area contributed by atoms with Crippen LogP contribution in [0.25, 0.3) is 0 Å². The number of benzene rings is 2. The van der Waals surface area contributed by atoms with Crippen molar-refractivity contribution in [2.24, 2.45) is 0 Å². The molecule has 2 amide bonds. The lowest BCUT2D eigenvalue weighted by Gasteiger charge is -2.28. The molecule has 29 heavy (non-hydrogen) atoms. The second-order valence-electron chi connectivity index (χ2n) is 6.90. The number of amides is 2. The highest BCUT2D eigenvalue weighted by Crippen LogP contribution is 2.21. The van der Waals surface area contributed by atoms with Crippen molar-refractivity contribution < 1.29 is 9.59 Å². The number of nitrogens with one attached hydrogen (secondary N) is 2. The summed E-state index contributed by atoms with van der Waals surface area (Å²) >= 11 is 0. The van der Waals surface area contributed by atoms with Gasteiger partial charge in [-0.25, -0.2) is 9.97 Å². The van der Waals surface area contributed by atoms with E-state index in [1.807, 2.05) is 29.2 Å². The third kappa shape index (κ3) is 4.40. The molecular formula is C22H21N5O2. The minimum Gasteiger partial charge on any atom is -0.333 e. The van der Waals surface area contributed by atoms with Crippen molar-refractivity contribution >= 4 is 29.1 Å². The maximum absolute atomic E-state index is 12.9. The number of hydrogen-bond acceptors (Lipinski definition) is 5. The molecule has 7 heteroatoms. The van der Waals surface area contributed by atoms with Gasteiger partial charge in [0.05, 0.1) is 0 Å². The average Bonchev–Trinajstić information content (AvgIpc) is 2.73. The van der Waals surface area contributed by atoms with Gasteiger partial charge in [-0.3, -0.25) is 9.59 Å². The summed E-state index contributed by atoms with van der Waals surface area (Å²) < 4.78 is 0. The summed E-state index contributed by atoms with van der Waals surface area (Å²) in [7, 11) is 0. The van der Waals surface area contributed by atoms with Gasteiger partial charge in [0.2, 0.25) is 11.9 Å². The molecule has 4 rings (SSSR count). The van der Waals surface area contributed by atoms with E-state index in [-0.39, 0.29) is 11.8 Å². The summed E-state index contributed by atoms with van der Waals surface area (Å²) in [5, 5.41) is 5.82. The fraction of sp³-hybridized carbons (Fsp3) is 0.182. The quantitative estimate of drug-likeness (QED) is 0.717. The number of carbonyl (C=O) groups is 2. The third-order valence-corrected chi connectivity index (χ3v) is 4.73. The van der Waals surface area contributed by atoms with Crippen molar-refractivity contribution in [3.05, 3.63) is 77.6 Å². The first-order chi connectivity index (χ1) is 14.1. The molecule has 3 aromatic rings. The Kier molecular flexibility index (Phi) is 5.20. The van der Waals surface area contributed by atoms with E-state index >= 15 is 0 Å². The molecular weight excluding hydrogens is 366 g/mol. The van der Waals surface area contributed by atoms with Crippen LogP contribution in [0, 0.1) is 0 Å². The number of aromatic nitrogens is 2. The minimum absolute atomic E-state index is 0.114. The standard InChI is InChI=1S/C22H21N5O2/c1-15(28)24-18-7-4-8-19(13-18)25-22-23-11-9-20(26-22)21(29)27-12-10-16-5-2-3-6-17(16)14-27/h2-9,11,13H,10,12,14H2,1H3,(H,24,28)(H,23,25,26). The lowest BCUT2D eigenvalue weighted by molar-refractivity contribution is -0.114. The molecule has 7 nitrogen and oxygen atoms in total. The van der Waals surface area contributed by atoms with Crippen molar-refractivity contribution in [2.45, 2.75) is 19.9 Å². The van der Waals surface area contributed by atoms with Gasteiger partial charge in [0.1, 0.15) is 5.69 Å². The topological polar surface area (TPSA) is 87.2 Å². The van der Waals surface area contributed by atoms with E-state index in [0.717, 1.165) is 6.42 Å². The summed E-state index contributed by atoms with van der Waals surface area (Å²) in [4.78, 5) is 34.6. The highest BCUT2D eigenvalue weighted by atomic mass is 16.2. The van der Waals surface area contributed by atoms with Crippen LogP contribution in [0.1, 0.15) is 28.5 Å². The van der Waals surface area contributed by atoms with E-state index in [1.165, 1.54) is 18.1 Å². The van der Waals surface area contributed by atoms with E-state index in [9.17, 15) is 9.59 Å². The van der Waals surface area contributed by atoms with Crippen LogP contribution < -0.4 is 10.6 Å². The molecule has 0 unspecified atom stereocenters. The maximum atomic E-state index is 12.9. The third-order valence-electron chi connectivity index (χ3n) is 4.73. The largest absolute Gasteiger partial charge is 0.333 e. The van der Waals surface area contributed by atoms with Gasteiger partial charge >= 0.3 is 0 Å². The van der Waals surface area contributed by atoms with Crippen LogP contribution in [0.2, 0.25) is 0 Å². The molecule has 0 bridgehead atoms. The molecule has 0 fully saturated rings. The van der Waals surface area contributed by atoms with Crippen molar-refractivity contribution in [1.29, 1.82) is 0 Å².